The summed E-state index contributed by atoms with van der Waals surface area (Å²) in [5, 5.41) is 11.7. The van der Waals surface area contributed by atoms with E-state index in [0.717, 1.165) is 17.7 Å². The van der Waals surface area contributed by atoms with Gasteiger partial charge in [0.05, 0.1) is 10.6 Å². The highest BCUT2D eigenvalue weighted by molar-refractivity contribution is 7.99. The van der Waals surface area contributed by atoms with E-state index in [1.54, 1.807) is 28.8 Å². The topological polar surface area (TPSA) is 94.0 Å². The van der Waals surface area contributed by atoms with Crippen LogP contribution in [0.15, 0.2) is 64.6 Å². The number of benzene rings is 2. The third-order valence-electron chi connectivity index (χ3n) is 4.77. The zero-order chi connectivity index (χ0) is 22.4. The summed E-state index contributed by atoms with van der Waals surface area (Å²) in [4.78, 5) is 12.4. The summed E-state index contributed by atoms with van der Waals surface area (Å²) in [7, 11) is -3.61. The fourth-order valence-corrected chi connectivity index (χ4v) is 4.90. The summed E-state index contributed by atoms with van der Waals surface area (Å²) in [6.45, 7) is 5.86. The number of carbonyl (C=O) groups is 1. The minimum absolute atomic E-state index is 0.0929. The van der Waals surface area contributed by atoms with Crippen LogP contribution in [0.3, 0.4) is 0 Å². The third kappa shape index (κ3) is 5.95. The van der Waals surface area contributed by atoms with Crippen LogP contribution >= 0.6 is 11.8 Å². The van der Waals surface area contributed by atoms with E-state index < -0.39 is 9.84 Å². The Hall–Kier alpha value is -2.65. The summed E-state index contributed by atoms with van der Waals surface area (Å²) in [6.07, 6.45) is 0.845. The SMILES string of the molecule is CCC(C)NC(=O)CSc1nnc(CS(=O)(=O)c2ccc(C)cc2)n1-c1ccccc1. The summed E-state index contributed by atoms with van der Waals surface area (Å²) < 4.78 is 27.6. The lowest BCUT2D eigenvalue weighted by Crippen LogP contribution is -2.33. The molecule has 0 saturated carbocycles. The average Bonchev–Trinajstić information content (AvgIpc) is 3.14. The largest absolute Gasteiger partial charge is 0.353 e. The quantitative estimate of drug-likeness (QED) is 0.493. The van der Waals surface area contributed by atoms with Crippen LogP contribution in [0.25, 0.3) is 5.69 Å². The second kappa shape index (κ2) is 10.1. The number of amides is 1. The number of para-hydroxylation sites is 1. The van der Waals surface area contributed by atoms with Gasteiger partial charge in [-0.2, -0.15) is 0 Å². The van der Waals surface area contributed by atoms with Crippen LogP contribution < -0.4 is 5.32 Å². The van der Waals surface area contributed by atoms with Gasteiger partial charge < -0.3 is 5.32 Å². The number of thioether (sulfide) groups is 1. The van der Waals surface area contributed by atoms with E-state index in [9.17, 15) is 13.2 Å². The van der Waals surface area contributed by atoms with Gasteiger partial charge in [0, 0.05) is 11.7 Å². The van der Waals surface area contributed by atoms with Crippen LogP contribution in [0, 0.1) is 6.92 Å². The molecule has 1 N–H and O–H groups in total. The van der Waals surface area contributed by atoms with Crippen LogP contribution in [0.5, 0.6) is 0 Å². The number of carbonyl (C=O) groups excluding carboxylic acids is 1. The molecule has 0 radical (unpaired) electrons. The molecule has 31 heavy (non-hydrogen) atoms. The van der Waals surface area contributed by atoms with E-state index in [1.165, 1.54) is 11.8 Å². The highest BCUT2D eigenvalue weighted by Gasteiger charge is 2.23. The first-order valence-electron chi connectivity index (χ1n) is 10.0. The minimum atomic E-state index is -3.61. The van der Waals surface area contributed by atoms with E-state index >= 15 is 0 Å². The van der Waals surface area contributed by atoms with Crippen molar-refractivity contribution in [2.75, 3.05) is 5.75 Å². The first-order valence-corrected chi connectivity index (χ1v) is 12.6. The van der Waals surface area contributed by atoms with Crippen molar-refractivity contribution in [3.05, 3.63) is 66.0 Å². The zero-order valence-corrected chi connectivity index (χ0v) is 19.4. The minimum Gasteiger partial charge on any atom is -0.353 e. The predicted molar refractivity (Wildman–Crippen MR) is 122 cm³/mol. The molecule has 3 rings (SSSR count). The molecule has 0 saturated heterocycles. The lowest BCUT2D eigenvalue weighted by molar-refractivity contribution is -0.119. The lowest BCUT2D eigenvalue weighted by atomic mass is 10.2. The Kier molecular flexibility index (Phi) is 7.50. The fourth-order valence-electron chi connectivity index (χ4n) is 2.87. The number of sulfone groups is 1. The lowest BCUT2D eigenvalue weighted by Gasteiger charge is -2.12. The van der Waals surface area contributed by atoms with Crippen molar-refractivity contribution < 1.29 is 13.2 Å². The number of aromatic nitrogens is 3. The van der Waals surface area contributed by atoms with Gasteiger partial charge in [0.15, 0.2) is 20.8 Å². The van der Waals surface area contributed by atoms with Gasteiger partial charge in [-0.05, 0) is 44.5 Å². The van der Waals surface area contributed by atoms with Crippen LogP contribution in [0.4, 0.5) is 0 Å². The van der Waals surface area contributed by atoms with Gasteiger partial charge in [-0.1, -0.05) is 54.6 Å². The third-order valence-corrected chi connectivity index (χ3v) is 7.32. The number of hydrogen-bond donors (Lipinski definition) is 1. The van der Waals surface area contributed by atoms with Gasteiger partial charge in [0.25, 0.3) is 0 Å². The van der Waals surface area contributed by atoms with Crippen LogP contribution in [-0.2, 0) is 20.4 Å². The Labute approximate surface area is 187 Å². The van der Waals surface area contributed by atoms with Crippen molar-refractivity contribution in [1.29, 1.82) is 0 Å². The number of nitrogens with one attached hydrogen (secondary N) is 1. The van der Waals surface area contributed by atoms with Gasteiger partial charge in [0.2, 0.25) is 5.91 Å². The molecule has 2 aromatic carbocycles. The summed E-state index contributed by atoms with van der Waals surface area (Å²) in [5.41, 5.74) is 1.73. The first-order chi connectivity index (χ1) is 14.8. The molecule has 9 heteroatoms. The molecule has 0 spiro atoms. The van der Waals surface area contributed by atoms with Crippen molar-refractivity contribution >= 4 is 27.5 Å². The number of hydrogen-bond acceptors (Lipinski definition) is 6. The normalized spacial score (nSPS) is 12.5. The van der Waals surface area contributed by atoms with E-state index in [4.69, 9.17) is 0 Å². The Morgan fingerprint density at radius 1 is 1.10 bits per heavy atom. The Balaban J connectivity index is 1.89. The molecular formula is C22H26N4O3S2. The van der Waals surface area contributed by atoms with Gasteiger partial charge in [0.1, 0.15) is 5.75 Å². The van der Waals surface area contributed by atoms with Crippen molar-refractivity contribution in [3.63, 3.8) is 0 Å². The molecule has 0 aliphatic heterocycles. The second-order valence-electron chi connectivity index (χ2n) is 7.31. The molecule has 1 aromatic heterocycles. The predicted octanol–water partition coefficient (Wildman–Crippen LogP) is 3.56. The Morgan fingerprint density at radius 3 is 2.42 bits per heavy atom. The molecule has 1 heterocycles. The van der Waals surface area contributed by atoms with Crippen molar-refractivity contribution in [2.45, 2.75) is 49.0 Å². The maximum Gasteiger partial charge on any atom is 0.230 e. The number of nitrogens with zero attached hydrogens (tertiary/aromatic N) is 3. The van der Waals surface area contributed by atoms with Gasteiger partial charge in [-0.3, -0.25) is 9.36 Å². The Morgan fingerprint density at radius 2 is 1.77 bits per heavy atom. The van der Waals surface area contributed by atoms with Crippen molar-refractivity contribution in [2.24, 2.45) is 0 Å². The maximum absolute atomic E-state index is 13.0. The summed E-state index contributed by atoms with van der Waals surface area (Å²) in [5.74, 6) is 0.0739. The van der Waals surface area contributed by atoms with E-state index in [1.807, 2.05) is 51.1 Å². The highest BCUT2D eigenvalue weighted by Crippen LogP contribution is 2.25. The molecule has 0 fully saturated rings. The highest BCUT2D eigenvalue weighted by atomic mass is 32.2. The molecule has 7 nitrogen and oxygen atoms in total. The second-order valence-corrected chi connectivity index (χ2v) is 10.2. The smallest absolute Gasteiger partial charge is 0.230 e. The Bertz CT molecular complexity index is 1130. The standard InChI is InChI=1S/C22H26N4O3S2/c1-4-17(3)23-21(27)14-30-22-25-24-20(26(22)18-8-6-5-7-9-18)15-31(28,29)19-12-10-16(2)11-13-19/h5-13,17H,4,14-15H2,1-3H3,(H,23,27). The van der Waals surface area contributed by atoms with Crippen molar-refractivity contribution in [3.8, 4) is 5.69 Å². The average molecular weight is 459 g/mol. The monoisotopic (exact) mass is 458 g/mol. The number of aryl methyl sites for hydroxylation is 1. The first kappa shape index (κ1) is 23.0. The van der Waals surface area contributed by atoms with Gasteiger partial charge >= 0.3 is 0 Å². The van der Waals surface area contributed by atoms with Crippen LogP contribution in [-0.4, -0.2) is 40.9 Å². The molecule has 1 amide bonds. The zero-order valence-electron chi connectivity index (χ0n) is 17.8. The molecule has 1 atom stereocenters. The van der Waals surface area contributed by atoms with Gasteiger partial charge in [-0.15, -0.1) is 10.2 Å². The molecule has 164 valence electrons. The molecule has 0 bridgehead atoms. The summed E-state index contributed by atoms with van der Waals surface area (Å²) in [6, 6.07) is 16.1. The molecule has 0 aliphatic rings. The van der Waals surface area contributed by atoms with Crippen LogP contribution in [0.2, 0.25) is 0 Å². The molecule has 0 aliphatic carbocycles. The molecule has 1 unspecified atom stereocenters. The van der Waals surface area contributed by atoms with E-state index in [2.05, 4.69) is 15.5 Å². The summed E-state index contributed by atoms with van der Waals surface area (Å²) >= 11 is 1.23. The van der Waals surface area contributed by atoms with Crippen molar-refractivity contribution in [1.82, 2.24) is 20.1 Å². The molecular weight excluding hydrogens is 432 g/mol. The van der Waals surface area contributed by atoms with E-state index in [-0.39, 0.29) is 28.4 Å². The van der Waals surface area contributed by atoms with Gasteiger partial charge in [-0.25, -0.2) is 8.42 Å². The number of rotatable bonds is 9. The molecule has 3 aromatic rings. The fraction of sp³-hybridized carbons (Fsp3) is 0.318. The van der Waals surface area contributed by atoms with E-state index in [0.29, 0.717) is 11.0 Å². The van der Waals surface area contributed by atoms with Crippen LogP contribution in [0.1, 0.15) is 31.7 Å². The maximum atomic E-state index is 13.0.